The second-order valence-corrected chi connectivity index (χ2v) is 7.72. The third-order valence-corrected chi connectivity index (χ3v) is 5.60. The highest BCUT2D eigenvalue weighted by molar-refractivity contribution is 5.68. The van der Waals surface area contributed by atoms with Crippen LogP contribution in [0.3, 0.4) is 0 Å². The Morgan fingerprint density at radius 2 is 1.60 bits per heavy atom. The number of carbonyl (C=O) groups is 1. The van der Waals surface area contributed by atoms with Gasteiger partial charge in [0.15, 0.2) is 6.61 Å². The van der Waals surface area contributed by atoms with Crippen molar-refractivity contribution in [3.8, 4) is 5.75 Å². The number of fused-ring (bicyclic) bond motifs is 1. The van der Waals surface area contributed by atoms with E-state index in [1.54, 1.807) is 0 Å². The van der Waals surface area contributed by atoms with Gasteiger partial charge in [-0.1, -0.05) is 72.8 Å². The average Bonchev–Trinajstić information content (AvgIpc) is 2.79. The van der Waals surface area contributed by atoms with E-state index in [-0.39, 0.29) is 12.7 Å². The van der Waals surface area contributed by atoms with Crippen LogP contribution in [0.1, 0.15) is 34.8 Å². The van der Waals surface area contributed by atoms with Crippen LogP contribution in [0.4, 0.5) is 0 Å². The number of benzene rings is 3. The lowest BCUT2D eigenvalue weighted by Crippen LogP contribution is -2.22. The lowest BCUT2D eigenvalue weighted by atomic mass is 9.84. The van der Waals surface area contributed by atoms with Gasteiger partial charge >= 0.3 is 5.97 Å². The van der Waals surface area contributed by atoms with Crippen LogP contribution >= 0.6 is 0 Å². The molecule has 30 heavy (non-hydrogen) atoms. The summed E-state index contributed by atoms with van der Waals surface area (Å²) in [5, 5.41) is 8.89. The van der Waals surface area contributed by atoms with Crippen molar-refractivity contribution in [3.63, 3.8) is 0 Å². The predicted octanol–water partition coefficient (Wildman–Crippen LogP) is 5.06. The van der Waals surface area contributed by atoms with E-state index in [0.717, 1.165) is 36.0 Å². The smallest absolute Gasteiger partial charge is 0.341 e. The average molecular weight is 402 g/mol. The zero-order valence-electron chi connectivity index (χ0n) is 16.9. The second-order valence-electron chi connectivity index (χ2n) is 7.72. The van der Waals surface area contributed by atoms with Crippen molar-refractivity contribution in [1.82, 2.24) is 0 Å². The Morgan fingerprint density at radius 3 is 2.23 bits per heavy atom. The van der Waals surface area contributed by atoms with Crippen LogP contribution in [0.5, 0.6) is 5.75 Å². The molecule has 0 saturated heterocycles. The normalized spacial score (nSPS) is 15.6. The molecule has 0 spiro atoms. The third-order valence-electron chi connectivity index (χ3n) is 5.60. The lowest BCUT2D eigenvalue weighted by Gasteiger charge is -2.28. The molecule has 3 aromatic rings. The van der Waals surface area contributed by atoms with Gasteiger partial charge in [-0.15, -0.1) is 0 Å². The van der Waals surface area contributed by atoms with Crippen LogP contribution in [0.2, 0.25) is 0 Å². The molecule has 1 unspecified atom stereocenters. The predicted molar refractivity (Wildman–Crippen MR) is 116 cm³/mol. The van der Waals surface area contributed by atoms with Crippen molar-refractivity contribution in [2.45, 2.75) is 25.4 Å². The van der Waals surface area contributed by atoms with Crippen molar-refractivity contribution >= 4 is 5.97 Å². The van der Waals surface area contributed by atoms with E-state index in [2.05, 4.69) is 30.3 Å². The molecule has 3 aromatic carbocycles. The van der Waals surface area contributed by atoms with Crippen molar-refractivity contribution < 1.29 is 19.4 Å². The number of hydrogen-bond donors (Lipinski definition) is 1. The lowest BCUT2D eigenvalue weighted by molar-refractivity contribution is -0.139. The maximum absolute atomic E-state index is 10.8. The number of carboxylic acid groups (broad SMARTS) is 1. The van der Waals surface area contributed by atoms with Crippen LogP contribution in [-0.4, -0.2) is 24.3 Å². The molecule has 0 aromatic heterocycles. The molecule has 0 saturated carbocycles. The molecular weight excluding hydrogens is 376 g/mol. The number of rotatable bonds is 8. The molecule has 0 amide bonds. The summed E-state index contributed by atoms with van der Waals surface area (Å²) < 4.78 is 12.0. The van der Waals surface area contributed by atoms with Gasteiger partial charge in [0, 0.05) is 0 Å². The Morgan fingerprint density at radius 1 is 0.933 bits per heavy atom. The monoisotopic (exact) mass is 402 g/mol. The van der Waals surface area contributed by atoms with Gasteiger partial charge in [0.2, 0.25) is 0 Å². The summed E-state index contributed by atoms with van der Waals surface area (Å²) >= 11 is 0. The highest BCUT2D eigenvalue weighted by Gasteiger charge is 2.24. The minimum atomic E-state index is -0.956. The van der Waals surface area contributed by atoms with Gasteiger partial charge in [-0.2, -0.15) is 0 Å². The fourth-order valence-corrected chi connectivity index (χ4v) is 4.14. The first kappa shape index (κ1) is 20.2. The Kier molecular flexibility index (Phi) is 6.45. The summed E-state index contributed by atoms with van der Waals surface area (Å²) in [5.74, 6) is 0.158. The van der Waals surface area contributed by atoms with E-state index in [1.165, 1.54) is 5.56 Å². The zero-order chi connectivity index (χ0) is 20.8. The molecule has 0 fully saturated rings. The Balaban J connectivity index is 1.45. The molecule has 0 radical (unpaired) electrons. The van der Waals surface area contributed by atoms with E-state index in [1.807, 2.05) is 48.5 Å². The number of hydrogen-bond acceptors (Lipinski definition) is 3. The molecule has 1 atom stereocenters. The van der Waals surface area contributed by atoms with Crippen LogP contribution < -0.4 is 4.74 Å². The van der Waals surface area contributed by atoms with Gasteiger partial charge in [0.05, 0.1) is 6.61 Å². The molecule has 1 N–H and O–H groups in total. The quantitative estimate of drug-likeness (QED) is 0.572. The highest BCUT2D eigenvalue weighted by atomic mass is 16.5. The van der Waals surface area contributed by atoms with Gasteiger partial charge in [-0.3, -0.25) is 0 Å². The van der Waals surface area contributed by atoms with E-state index in [9.17, 15) is 4.79 Å². The van der Waals surface area contributed by atoms with Gasteiger partial charge in [-0.25, -0.2) is 4.79 Å². The molecule has 1 aliphatic carbocycles. The standard InChI is InChI=1S/C26H26O4/c27-25(28)18-29-24-13-7-12-22-16-19(14-15-23(22)24)17-30-26(20-8-3-1-4-9-20)21-10-5-2-6-11-21/h1-13,19,26H,14-18H2,(H,27,28). The summed E-state index contributed by atoms with van der Waals surface area (Å²) in [4.78, 5) is 10.8. The van der Waals surface area contributed by atoms with Crippen molar-refractivity contribution in [3.05, 3.63) is 101 Å². The zero-order valence-corrected chi connectivity index (χ0v) is 16.9. The molecule has 4 nitrogen and oxygen atoms in total. The largest absolute Gasteiger partial charge is 0.482 e. The maximum Gasteiger partial charge on any atom is 0.341 e. The highest BCUT2D eigenvalue weighted by Crippen LogP contribution is 2.34. The summed E-state index contributed by atoms with van der Waals surface area (Å²) in [6.45, 7) is 0.368. The Bertz CT molecular complexity index is 929. The fraction of sp³-hybridized carbons (Fsp3) is 0.269. The van der Waals surface area contributed by atoms with E-state index < -0.39 is 5.97 Å². The number of carboxylic acids is 1. The minimum Gasteiger partial charge on any atom is -0.482 e. The fourth-order valence-electron chi connectivity index (χ4n) is 4.14. The second kappa shape index (κ2) is 9.59. The number of aliphatic carboxylic acids is 1. The van der Waals surface area contributed by atoms with Gasteiger partial charge < -0.3 is 14.6 Å². The molecule has 4 rings (SSSR count). The van der Waals surface area contributed by atoms with Crippen LogP contribution in [0.25, 0.3) is 0 Å². The third kappa shape index (κ3) is 4.89. The van der Waals surface area contributed by atoms with Gasteiger partial charge in [0.1, 0.15) is 11.9 Å². The molecular formula is C26H26O4. The Labute approximate surface area is 177 Å². The SMILES string of the molecule is O=C(O)COc1cccc2c1CCC(COC(c1ccccc1)c1ccccc1)C2. The van der Waals surface area contributed by atoms with E-state index in [0.29, 0.717) is 18.3 Å². The summed E-state index contributed by atoms with van der Waals surface area (Å²) in [7, 11) is 0. The summed E-state index contributed by atoms with van der Waals surface area (Å²) in [5.41, 5.74) is 4.68. The maximum atomic E-state index is 10.8. The van der Waals surface area contributed by atoms with Crippen LogP contribution in [-0.2, 0) is 22.4 Å². The molecule has 0 heterocycles. The first-order valence-corrected chi connectivity index (χ1v) is 10.4. The van der Waals surface area contributed by atoms with Crippen molar-refractivity contribution in [1.29, 1.82) is 0 Å². The number of ether oxygens (including phenoxy) is 2. The molecule has 0 bridgehead atoms. The topological polar surface area (TPSA) is 55.8 Å². The summed E-state index contributed by atoms with van der Waals surface area (Å²) in [6.07, 6.45) is 2.70. The first-order valence-electron chi connectivity index (χ1n) is 10.4. The Hall–Kier alpha value is -3.11. The molecule has 1 aliphatic rings. The first-order chi connectivity index (χ1) is 14.7. The van der Waals surface area contributed by atoms with E-state index in [4.69, 9.17) is 14.6 Å². The molecule has 4 heteroatoms. The minimum absolute atomic E-state index is 0.0842. The van der Waals surface area contributed by atoms with Gasteiger partial charge in [0.25, 0.3) is 0 Å². The van der Waals surface area contributed by atoms with Crippen molar-refractivity contribution in [2.75, 3.05) is 13.2 Å². The van der Waals surface area contributed by atoms with Crippen LogP contribution in [0.15, 0.2) is 78.9 Å². The van der Waals surface area contributed by atoms with Crippen molar-refractivity contribution in [2.24, 2.45) is 5.92 Å². The van der Waals surface area contributed by atoms with Crippen LogP contribution in [0, 0.1) is 5.92 Å². The summed E-state index contributed by atoms with van der Waals surface area (Å²) in [6, 6.07) is 26.6. The molecule has 154 valence electrons. The van der Waals surface area contributed by atoms with Gasteiger partial charge in [-0.05, 0) is 53.5 Å². The van der Waals surface area contributed by atoms with E-state index >= 15 is 0 Å². The molecule has 0 aliphatic heterocycles.